The predicted octanol–water partition coefficient (Wildman–Crippen LogP) is 1.33. The van der Waals surface area contributed by atoms with Crippen LogP contribution in [0.5, 0.6) is 0 Å². The van der Waals surface area contributed by atoms with Gasteiger partial charge in [-0.05, 0) is 37.7 Å². The van der Waals surface area contributed by atoms with Gasteiger partial charge in [0.15, 0.2) is 0 Å². The minimum absolute atomic E-state index is 0.296. The third kappa shape index (κ3) is 1.61. The second kappa shape index (κ2) is 3.14. The Morgan fingerprint density at radius 2 is 2.38 bits per heavy atom. The van der Waals surface area contributed by atoms with E-state index in [9.17, 15) is 4.79 Å². The van der Waals surface area contributed by atoms with Crippen molar-refractivity contribution in [2.75, 3.05) is 0 Å². The summed E-state index contributed by atoms with van der Waals surface area (Å²) >= 11 is 0. The van der Waals surface area contributed by atoms with Crippen molar-refractivity contribution < 1.29 is 9.53 Å². The lowest BCUT2D eigenvalue weighted by Gasteiger charge is -2.13. The molecule has 0 radical (unpaired) electrons. The van der Waals surface area contributed by atoms with Crippen LogP contribution in [0.4, 0.5) is 0 Å². The van der Waals surface area contributed by atoms with Gasteiger partial charge in [0.25, 0.3) is 0 Å². The van der Waals surface area contributed by atoms with Gasteiger partial charge in [0, 0.05) is 6.42 Å². The number of carbonyl (C=O) groups is 1. The number of nitrogens with two attached hydrogens (primary N) is 1. The highest BCUT2D eigenvalue weighted by molar-refractivity contribution is 5.76. The Morgan fingerprint density at radius 3 is 2.85 bits per heavy atom. The predicted molar refractivity (Wildman–Crippen MR) is 48.7 cm³/mol. The SMILES string of the molecule is C[C@H](N)C(=O)OC1=C2CCC(C2)C1. The number of ether oxygens (including phenoxy) is 1. The summed E-state index contributed by atoms with van der Waals surface area (Å²) in [5.74, 6) is 1.36. The molecule has 2 bridgehead atoms. The Balaban J connectivity index is 2.00. The molecule has 0 amide bonds. The summed E-state index contributed by atoms with van der Waals surface area (Å²) in [6, 6.07) is -0.507. The molecule has 72 valence electrons. The Bertz CT molecular complexity index is 268. The molecule has 0 aromatic carbocycles. The van der Waals surface area contributed by atoms with Crippen LogP contribution in [0.3, 0.4) is 0 Å². The normalized spacial score (nSPS) is 28.0. The summed E-state index contributed by atoms with van der Waals surface area (Å²) in [6.07, 6.45) is 4.48. The molecule has 0 aromatic heterocycles. The Labute approximate surface area is 77.9 Å². The minimum Gasteiger partial charge on any atom is -0.430 e. The zero-order chi connectivity index (χ0) is 9.42. The smallest absolute Gasteiger partial charge is 0.327 e. The van der Waals surface area contributed by atoms with Gasteiger partial charge in [-0.15, -0.1) is 0 Å². The van der Waals surface area contributed by atoms with E-state index < -0.39 is 6.04 Å². The maximum atomic E-state index is 11.2. The first-order valence-corrected chi connectivity index (χ1v) is 4.85. The van der Waals surface area contributed by atoms with Crippen LogP contribution >= 0.6 is 0 Å². The van der Waals surface area contributed by atoms with E-state index in [1.165, 1.54) is 12.0 Å². The summed E-state index contributed by atoms with van der Waals surface area (Å²) in [5.41, 5.74) is 6.76. The van der Waals surface area contributed by atoms with E-state index in [-0.39, 0.29) is 5.97 Å². The van der Waals surface area contributed by atoms with Gasteiger partial charge < -0.3 is 10.5 Å². The first-order chi connectivity index (χ1) is 6.16. The third-order valence-corrected chi connectivity index (χ3v) is 2.85. The average molecular weight is 181 g/mol. The van der Waals surface area contributed by atoms with Crippen LogP contribution < -0.4 is 5.73 Å². The van der Waals surface area contributed by atoms with Crippen LogP contribution in [0.25, 0.3) is 0 Å². The molecule has 0 saturated heterocycles. The Morgan fingerprint density at radius 1 is 1.62 bits per heavy atom. The van der Waals surface area contributed by atoms with E-state index in [0.717, 1.165) is 30.9 Å². The van der Waals surface area contributed by atoms with Crippen LogP contribution in [-0.4, -0.2) is 12.0 Å². The van der Waals surface area contributed by atoms with Crippen molar-refractivity contribution in [3.05, 3.63) is 11.3 Å². The number of esters is 1. The van der Waals surface area contributed by atoms with Crippen LogP contribution in [0.15, 0.2) is 11.3 Å². The maximum absolute atomic E-state index is 11.2. The van der Waals surface area contributed by atoms with Crippen molar-refractivity contribution in [2.24, 2.45) is 11.7 Å². The summed E-state index contributed by atoms with van der Waals surface area (Å²) in [4.78, 5) is 11.2. The van der Waals surface area contributed by atoms with Crippen LogP contribution in [0, 0.1) is 5.92 Å². The van der Waals surface area contributed by atoms with E-state index in [4.69, 9.17) is 10.5 Å². The first-order valence-electron chi connectivity index (χ1n) is 4.85. The van der Waals surface area contributed by atoms with E-state index in [1.54, 1.807) is 6.92 Å². The summed E-state index contributed by atoms with van der Waals surface area (Å²) < 4.78 is 5.22. The standard InChI is InChI=1S/C10H15NO2/c1-6(11)10(12)13-9-5-7-2-3-8(9)4-7/h6-7H,2-5,11H2,1H3/t6-,7?/m0/s1. The molecule has 0 spiro atoms. The van der Waals surface area contributed by atoms with Crippen molar-refractivity contribution in [3.8, 4) is 0 Å². The highest BCUT2D eigenvalue weighted by Crippen LogP contribution is 2.44. The second-order valence-corrected chi connectivity index (χ2v) is 4.05. The van der Waals surface area contributed by atoms with E-state index in [0.29, 0.717) is 0 Å². The van der Waals surface area contributed by atoms with Gasteiger partial charge in [-0.25, -0.2) is 4.79 Å². The van der Waals surface area contributed by atoms with Crippen molar-refractivity contribution in [1.82, 2.24) is 0 Å². The minimum atomic E-state index is -0.507. The van der Waals surface area contributed by atoms with Crippen molar-refractivity contribution in [2.45, 2.75) is 38.6 Å². The Hall–Kier alpha value is -0.830. The van der Waals surface area contributed by atoms with Gasteiger partial charge in [-0.1, -0.05) is 0 Å². The highest BCUT2D eigenvalue weighted by Gasteiger charge is 2.32. The number of hydrogen-bond acceptors (Lipinski definition) is 3. The van der Waals surface area contributed by atoms with Gasteiger partial charge in [0.1, 0.15) is 11.8 Å². The van der Waals surface area contributed by atoms with E-state index >= 15 is 0 Å². The fourth-order valence-corrected chi connectivity index (χ4v) is 2.09. The van der Waals surface area contributed by atoms with Crippen LogP contribution in [-0.2, 0) is 9.53 Å². The molecule has 0 heterocycles. The maximum Gasteiger partial charge on any atom is 0.327 e. The Kier molecular flexibility index (Phi) is 2.12. The summed E-state index contributed by atoms with van der Waals surface area (Å²) in [5, 5.41) is 0. The van der Waals surface area contributed by atoms with Crippen LogP contribution in [0.2, 0.25) is 0 Å². The van der Waals surface area contributed by atoms with Gasteiger partial charge in [0.05, 0.1) is 0 Å². The van der Waals surface area contributed by atoms with Crippen molar-refractivity contribution in [3.63, 3.8) is 0 Å². The monoisotopic (exact) mass is 181 g/mol. The lowest BCUT2D eigenvalue weighted by Crippen LogP contribution is -2.28. The fourth-order valence-electron chi connectivity index (χ4n) is 2.09. The number of carbonyl (C=O) groups excluding carboxylic acids is 1. The van der Waals surface area contributed by atoms with Crippen LogP contribution in [0.1, 0.15) is 32.6 Å². The molecule has 1 saturated carbocycles. The molecule has 3 nitrogen and oxygen atoms in total. The fraction of sp³-hybridized carbons (Fsp3) is 0.700. The molecule has 2 rings (SSSR count). The average Bonchev–Trinajstić information content (AvgIpc) is 2.64. The first kappa shape index (κ1) is 8.75. The molecular formula is C10H15NO2. The zero-order valence-corrected chi connectivity index (χ0v) is 7.88. The molecule has 2 atom stereocenters. The molecule has 2 aliphatic rings. The number of fused-ring (bicyclic) bond motifs is 2. The zero-order valence-electron chi connectivity index (χ0n) is 7.88. The molecule has 0 aliphatic heterocycles. The molecule has 1 fully saturated rings. The molecule has 13 heavy (non-hydrogen) atoms. The lowest BCUT2D eigenvalue weighted by atomic mass is 10.1. The molecular weight excluding hydrogens is 166 g/mol. The molecule has 0 aromatic rings. The molecule has 3 heteroatoms. The molecule has 1 unspecified atom stereocenters. The third-order valence-electron chi connectivity index (χ3n) is 2.85. The topological polar surface area (TPSA) is 52.3 Å². The van der Waals surface area contributed by atoms with E-state index in [2.05, 4.69) is 0 Å². The lowest BCUT2D eigenvalue weighted by molar-refractivity contribution is -0.140. The van der Waals surface area contributed by atoms with E-state index in [1.807, 2.05) is 0 Å². The second-order valence-electron chi connectivity index (χ2n) is 4.05. The van der Waals surface area contributed by atoms with Crippen molar-refractivity contribution in [1.29, 1.82) is 0 Å². The van der Waals surface area contributed by atoms with Crippen molar-refractivity contribution >= 4 is 5.97 Å². The van der Waals surface area contributed by atoms with Gasteiger partial charge in [-0.2, -0.15) is 0 Å². The highest BCUT2D eigenvalue weighted by atomic mass is 16.5. The number of hydrogen-bond donors (Lipinski definition) is 1. The largest absolute Gasteiger partial charge is 0.430 e. The van der Waals surface area contributed by atoms with Gasteiger partial charge >= 0.3 is 5.97 Å². The molecule has 2 aliphatic carbocycles. The quantitative estimate of drug-likeness (QED) is 0.654. The van der Waals surface area contributed by atoms with Gasteiger partial charge in [0.2, 0.25) is 0 Å². The summed E-state index contributed by atoms with van der Waals surface area (Å²) in [6.45, 7) is 1.65. The number of allylic oxidation sites excluding steroid dienone is 2. The summed E-state index contributed by atoms with van der Waals surface area (Å²) in [7, 11) is 0. The number of rotatable bonds is 2. The van der Waals surface area contributed by atoms with Gasteiger partial charge in [-0.3, -0.25) is 0 Å². The molecule has 2 N–H and O–H groups in total.